The highest BCUT2D eigenvalue weighted by Gasteiger charge is 2.37. The minimum Gasteiger partial charge on any atom is -0.478 e. The van der Waals surface area contributed by atoms with Gasteiger partial charge in [-0.2, -0.15) is 0 Å². The molecule has 1 aliphatic carbocycles. The Labute approximate surface area is 143 Å². The fraction of sp³-hybridized carbons (Fsp3) is 0.550. The molecule has 0 saturated heterocycles. The lowest BCUT2D eigenvalue weighted by Crippen LogP contribution is -2.41. The summed E-state index contributed by atoms with van der Waals surface area (Å²) in [6.45, 7) is 7.26. The van der Waals surface area contributed by atoms with Crippen molar-refractivity contribution in [1.82, 2.24) is 4.90 Å². The quantitative estimate of drug-likeness (QED) is 0.719. The van der Waals surface area contributed by atoms with Crippen molar-refractivity contribution in [2.45, 2.75) is 65.5 Å². The van der Waals surface area contributed by atoms with Crippen LogP contribution in [0.25, 0.3) is 0 Å². The average Bonchev–Trinajstić information content (AvgIpc) is 2.94. The monoisotopic (exact) mass is 327 g/mol. The highest BCUT2D eigenvalue weighted by molar-refractivity contribution is 6.14. The largest absolute Gasteiger partial charge is 0.478 e. The fourth-order valence-electron chi connectivity index (χ4n) is 4.14. The SMILES string of the molecule is CC(C)=C1Oc2c3c(cc(C)c2C1=O)OCN(C1CCCCC1)C3. The van der Waals surface area contributed by atoms with Gasteiger partial charge in [0.25, 0.3) is 0 Å². The molecule has 0 spiro atoms. The Kier molecular flexibility index (Phi) is 3.87. The number of ketones is 1. The van der Waals surface area contributed by atoms with E-state index < -0.39 is 0 Å². The average molecular weight is 327 g/mol. The van der Waals surface area contributed by atoms with Crippen LogP contribution in [0, 0.1) is 6.92 Å². The second-order valence-corrected chi connectivity index (χ2v) is 7.45. The van der Waals surface area contributed by atoms with Crippen molar-refractivity contribution < 1.29 is 14.3 Å². The lowest BCUT2D eigenvalue weighted by Gasteiger charge is -2.37. The Balaban J connectivity index is 1.72. The predicted octanol–water partition coefficient (Wildman–Crippen LogP) is 4.35. The highest BCUT2D eigenvalue weighted by atomic mass is 16.5. The number of benzene rings is 1. The topological polar surface area (TPSA) is 38.8 Å². The first kappa shape index (κ1) is 15.7. The van der Waals surface area contributed by atoms with Gasteiger partial charge in [-0.15, -0.1) is 0 Å². The molecule has 2 aliphatic heterocycles. The van der Waals surface area contributed by atoms with Crippen LogP contribution in [0.15, 0.2) is 17.4 Å². The number of ether oxygens (including phenoxy) is 2. The van der Waals surface area contributed by atoms with E-state index in [1.165, 1.54) is 32.1 Å². The summed E-state index contributed by atoms with van der Waals surface area (Å²) >= 11 is 0. The van der Waals surface area contributed by atoms with Gasteiger partial charge in [-0.25, -0.2) is 0 Å². The van der Waals surface area contributed by atoms with E-state index in [0.29, 0.717) is 18.5 Å². The number of Topliss-reactive ketones (excluding diaryl/α,β-unsaturated/α-hetero) is 1. The number of carbonyl (C=O) groups is 1. The molecule has 4 heteroatoms. The number of fused-ring (bicyclic) bond motifs is 3. The number of nitrogens with zero attached hydrogens (tertiary/aromatic N) is 1. The number of hydrogen-bond donors (Lipinski definition) is 0. The molecule has 128 valence electrons. The van der Waals surface area contributed by atoms with Crippen LogP contribution in [-0.2, 0) is 6.54 Å². The lowest BCUT2D eigenvalue weighted by molar-refractivity contribution is 0.0393. The van der Waals surface area contributed by atoms with Crippen molar-refractivity contribution >= 4 is 5.78 Å². The highest BCUT2D eigenvalue weighted by Crippen LogP contribution is 2.44. The fourth-order valence-corrected chi connectivity index (χ4v) is 4.14. The third-order valence-corrected chi connectivity index (χ3v) is 5.47. The van der Waals surface area contributed by atoms with Crippen LogP contribution in [0.4, 0.5) is 0 Å². The molecule has 0 bridgehead atoms. The van der Waals surface area contributed by atoms with Gasteiger partial charge in [-0.05, 0) is 50.8 Å². The molecular formula is C20H25NO3. The molecule has 0 aromatic heterocycles. The first-order valence-electron chi connectivity index (χ1n) is 8.99. The van der Waals surface area contributed by atoms with Crippen LogP contribution in [0.5, 0.6) is 11.5 Å². The predicted molar refractivity (Wildman–Crippen MR) is 92.4 cm³/mol. The van der Waals surface area contributed by atoms with E-state index in [1.807, 2.05) is 26.8 Å². The van der Waals surface area contributed by atoms with E-state index in [4.69, 9.17) is 9.47 Å². The van der Waals surface area contributed by atoms with E-state index >= 15 is 0 Å². The zero-order valence-corrected chi connectivity index (χ0v) is 14.8. The Morgan fingerprint density at radius 2 is 1.96 bits per heavy atom. The van der Waals surface area contributed by atoms with Gasteiger partial charge >= 0.3 is 0 Å². The first-order valence-corrected chi connectivity index (χ1v) is 8.99. The minimum absolute atomic E-state index is 0.0140. The second-order valence-electron chi connectivity index (χ2n) is 7.45. The van der Waals surface area contributed by atoms with Crippen LogP contribution in [0.1, 0.15) is 67.4 Å². The van der Waals surface area contributed by atoms with Crippen LogP contribution in [0.3, 0.4) is 0 Å². The van der Waals surface area contributed by atoms with E-state index in [2.05, 4.69) is 4.90 Å². The Bertz CT molecular complexity index is 725. The zero-order chi connectivity index (χ0) is 16.8. The summed E-state index contributed by atoms with van der Waals surface area (Å²) in [4.78, 5) is 15.1. The summed E-state index contributed by atoms with van der Waals surface area (Å²) in [5, 5.41) is 0. The maximum Gasteiger partial charge on any atom is 0.232 e. The Morgan fingerprint density at radius 1 is 1.21 bits per heavy atom. The third-order valence-electron chi connectivity index (χ3n) is 5.47. The smallest absolute Gasteiger partial charge is 0.232 e. The molecule has 0 unspecified atom stereocenters. The Hall–Kier alpha value is -1.81. The summed E-state index contributed by atoms with van der Waals surface area (Å²) in [5.41, 5.74) is 3.62. The minimum atomic E-state index is 0.0140. The van der Waals surface area contributed by atoms with E-state index in [9.17, 15) is 4.79 Å². The summed E-state index contributed by atoms with van der Waals surface area (Å²) in [6, 6.07) is 2.59. The normalized spacial score (nSPS) is 21.1. The number of aryl methyl sites for hydroxylation is 1. The number of rotatable bonds is 1. The molecular weight excluding hydrogens is 302 g/mol. The molecule has 0 N–H and O–H groups in total. The Morgan fingerprint density at radius 3 is 2.67 bits per heavy atom. The number of allylic oxidation sites excluding steroid dienone is 2. The molecule has 0 amide bonds. The van der Waals surface area contributed by atoms with E-state index in [0.717, 1.165) is 40.3 Å². The lowest BCUT2D eigenvalue weighted by atomic mass is 9.93. The van der Waals surface area contributed by atoms with Gasteiger partial charge in [-0.3, -0.25) is 9.69 Å². The molecule has 2 heterocycles. The summed E-state index contributed by atoms with van der Waals surface area (Å²) < 4.78 is 12.1. The molecule has 1 saturated carbocycles. The molecule has 0 radical (unpaired) electrons. The van der Waals surface area contributed by atoms with Crippen molar-refractivity contribution in [3.8, 4) is 11.5 Å². The van der Waals surface area contributed by atoms with Crippen LogP contribution >= 0.6 is 0 Å². The molecule has 4 nitrogen and oxygen atoms in total. The van der Waals surface area contributed by atoms with Crippen molar-refractivity contribution in [3.63, 3.8) is 0 Å². The summed E-state index contributed by atoms with van der Waals surface area (Å²) in [6.07, 6.45) is 6.43. The number of hydrogen-bond acceptors (Lipinski definition) is 4. The van der Waals surface area contributed by atoms with Crippen LogP contribution in [-0.4, -0.2) is 23.5 Å². The molecule has 1 fully saturated rings. The molecule has 3 aliphatic rings. The van der Waals surface area contributed by atoms with Crippen LogP contribution < -0.4 is 9.47 Å². The van der Waals surface area contributed by atoms with Gasteiger partial charge in [-0.1, -0.05) is 19.3 Å². The standard InChI is InChI=1S/C20H25NO3/c1-12(2)19-18(22)17-13(3)9-16-15(20(17)24-19)10-21(11-23-16)14-7-5-4-6-8-14/h9,14H,4-8,10-11H2,1-3H3. The first-order chi connectivity index (χ1) is 11.6. The molecule has 24 heavy (non-hydrogen) atoms. The number of carbonyl (C=O) groups excluding carboxylic acids is 1. The van der Waals surface area contributed by atoms with Crippen molar-refractivity contribution in [2.75, 3.05) is 6.73 Å². The van der Waals surface area contributed by atoms with Gasteiger partial charge in [0, 0.05) is 12.6 Å². The van der Waals surface area contributed by atoms with Crippen molar-refractivity contribution in [2.24, 2.45) is 0 Å². The van der Waals surface area contributed by atoms with Gasteiger partial charge in [0.15, 0.2) is 5.76 Å². The van der Waals surface area contributed by atoms with Gasteiger partial charge < -0.3 is 9.47 Å². The summed E-state index contributed by atoms with van der Waals surface area (Å²) in [5.74, 6) is 2.10. The molecule has 4 rings (SSSR count). The summed E-state index contributed by atoms with van der Waals surface area (Å²) in [7, 11) is 0. The van der Waals surface area contributed by atoms with Crippen molar-refractivity contribution in [1.29, 1.82) is 0 Å². The second kappa shape index (κ2) is 5.92. The molecule has 1 aromatic rings. The van der Waals surface area contributed by atoms with Crippen LogP contribution in [0.2, 0.25) is 0 Å². The zero-order valence-electron chi connectivity index (χ0n) is 14.8. The molecule has 1 aromatic carbocycles. The third kappa shape index (κ3) is 2.44. The molecule has 0 atom stereocenters. The maximum absolute atomic E-state index is 12.7. The van der Waals surface area contributed by atoms with Gasteiger partial charge in [0.05, 0.1) is 11.1 Å². The van der Waals surface area contributed by atoms with Gasteiger partial charge in [0.2, 0.25) is 5.78 Å². The van der Waals surface area contributed by atoms with E-state index in [1.54, 1.807) is 0 Å². The van der Waals surface area contributed by atoms with E-state index in [-0.39, 0.29) is 5.78 Å². The van der Waals surface area contributed by atoms with Gasteiger partial charge in [0.1, 0.15) is 18.2 Å². The van der Waals surface area contributed by atoms with Crippen molar-refractivity contribution in [3.05, 3.63) is 34.1 Å². The maximum atomic E-state index is 12.7.